The number of benzene rings is 1. The van der Waals surface area contributed by atoms with E-state index in [1.54, 1.807) is 17.0 Å². The van der Waals surface area contributed by atoms with Crippen molar-refractivity contribution in [2.75, 3.05) is 19.7 Å². The summed E-state index contributed by atoms with van der Waals surface area (Å²) in [7, 11) is 0. The Hall–Kier alpha value is -1.88. The van der Waals surface area contributed by atoms with E-state index < -0.39 is 0 Å². The third-order valence-corrected chi connectivity index (χ3v) is 4.34. The van der Waals surface area contributed by atoms with Crippen LogP contribution in [0.15, 0.2) is 24.3 Å². The van der Waals surface area contributed by atoms with Gasteiger partial charge in [0, 0.05) is 12.1 Å². The molecular weight excluding hydrogens is 304 g/mol. The molecule has 1 aromatic rings. The molecule has 2 rings (SSSR count). The van der Waals surface area contributed by atoms with Gasteiger partial charge < -0.3 is 15.0 Å². The molecule has 1 aliphatic heterocycles. The van der Waals surface area contributed by atoms with Gasteiger partial charge in [-0.05, 0) is 37.0 Å². The molecule has 2 atom stereocenters. The van der Waals surface area contributed by atoms with Crippen molar-refractivity contribution < 1.29 is 14.3 Å². The lowest BCUT2D eigenvalue weighted by Crippen LogP contribution is -2.52. The molecule has 0 aromatic heterocycles. The smallest absolute Gasteiger partial charge is 0.251 e. The van der Waals surface area contributed by atoms with Gasteiger partial charge in [-0.15, -0.1) is 0 Å². The van der Waals surface area contributed by atoms with Crippen LogP contribution in [0.5, 0.6) is 0 Å². The Morgan fingerprint density at radius 2 is 1.83 bits per heavy atom. The number of carbonyl (C=O) groups is 2. The Balaban J connectivity index is 1.91. The van der Waals surface area contributed by atoms with Gasteiger partial charge >= 0.3 is 0 Å². The summed E-state index contributed by atoms with van der Waals surface area (Å²) < 4.78 is 5.52. The molecule has 0 saturated carbocycles. The first-order valence-corrected chi connectivity index (χ1v) is 8.48. The molecule has 24 heavy (non-hydrogen) atoms. The Morgan fingerprint density at radius 1 is 1.21 bits per heavy atom. The molecule has 0 radical (unpaired) electrons. The molecule has 5 heteroatoms. The second kappa shape index (κ2) is 7.34. The summed E-state index contributed by atoms with van der Waals surface area (Å²) >= 11 is 0. The molecule has 1 heterocycles. The monoisotopic (exact) mass is 332 g/mol. The van der Waals surface area contributed by atoms with Crippen LogP contribution in [0, 0.1) is 0 Å². The summed E-state index contributed by atoms with van der Waals surface area (Å²) in [6.07, 6.45) is 0.0331. The van der Waals surface area contributed by atoms with Crippen molar-refractivity contribution in [2.45, 2.75) is 52.2 Å². The molecule has 1 fully saturated rings. The van der Waals surface area contributed by atoms with Gasteiger partial charge in [-0.1, -0.05) is 32.9 Å². The van der Waals surface area contributed by atoms with Gasteiger partial charge in [0.05, 0.1) is 25.3 Å². The van der Waals surface area contributed by atoms with Crippen LogP contribution < -0.4 is 5.32 Å². The predicted octanol–water partition coefficient (Wildman–Crippen LogP) is 2.35. The molecule has 1 aromatic carbocycles. The Labute approximate surface area is 144 Å². The average molecular weight is 332 g/mol. The molecule has 1 saturated heterocycles. The summed E-state index contributed by atoms with van der Waals surface area (Å²) in [4.78, 5) is 26.3. The molecule has 2 amide bonds. The predicted molar refractivity (Wildman–Crippen MR) is 94.1 cm³/mol. The zero-order valence-electron chi connectivity index (χ0n) is 15.3. The number of amides is 2. The molecular formula is C19H28N2O3. The summed E-state index contributed by atoms with van der Waals surface area (Å²) in [6.45, 7) is 11.4. The largest absolute Gasteiger partial charge is 0.375 e. The van der Waals surface area contributed by atoms with Crippen molar-refractivity contribution in [3.05, 3.63) is 35.4 Å². The molecule has 5 nitrogen and oxygen atoms in total. The topological polar surface area (TPSA) is 58.6 Å². The molecule has 1 N–H and O–H groups in total. The van der Waals surface area contributed by atoms with E-state index in [2.05, 4.69) is 26.1 Å². The number of hydrogen-bond acceptors (Lipinski definition) is 3. The minimum Gasteiger partial charge on any atom is -0.375 e. The van der Waals surface area contributed by atoms with E-state index in [0.717, 1.165) is 0 Å². The average Bonchev–Trinajstić information content (AvgIpc) is 2.53. The second-order valence-electron chi connectivity index (χ2n) is 7.55. The lowest BCUT2D eigenvalue weighted by molar-refractivity contribution is -0.142. The maximum absolute atomic E-state index is 12.3. The minimum atomic E-state index is -0.224. The van der Waals surface area contributed by atoms with Crippen LogP contribution in [0.1, 0.15) is 50.5 Å². The van der Waals surface area contributed by atoms with Gasteiger partial charge in [-0.2, -0.15) is 0 Å². The first-order chi connectivity index (χ1) is 11.2. The van der Waals surface area contributed by atoms with Crippen LogP contribution >= 0.6 is 0 Å². The summed E-state index contributed by atoms with van der Waals surface area (Å²) in [5, 5.41) is 2.72. The molecule has 0 bridgehead atoms. The fourth-order valence-electron chi connectivity index (χ4n) is 2.73. The van der Waals surface area contributed by atoms with Crippen LogP contribution in [0.4, 0.5) is 0 Å². The van der Waals surface area contributed by atoms with E-state index in [1.807, 2.05) is 26.0 Å². The zero-order valence-corrected chi connectivity index (χ0v) is 15.3. The highest BCUT2D eigenvalue weighted by Gasteiger charge is 2.27. The number of hydrogen-bond donors (Lipinski definition) is 1. The lowest BCUT2D eigenvalue weighted by atomic mass is 9.87. The van der Waals surface area contributed by atoms with Crippen molar-refractivity contribution in [3.63, 3.8) is 0 Å². The van der Waals surface area contributed by atoms with E-state index in [-0.39, 0.29) is 35.9 Å². The van der Waals surface area contributed by atoms with E-state index in [0.29, 0.717) is 18.7 Å². The number of nitrogens with zero attached hydrogens (tertiary/aromatic N) is 1. The Morgan fingerprint density at radius 3 is 2.42 bits per heavy atom. The highest BCUT2D eigenvalue weighted by Crippen LogP contribution is 2.22. The van der Waals surface area contributed by atoms with Gasteiger partial charge in [0.2, 0.25) is 5.91 Å². The van der Waals surface area contributed by atoms with Crippen molar-refractivity contribution in [3.8, 4) is 0 Å². The second-order valence-corrected chi connectivity index (χ2v) is 7.55. The van der Waals surface area contributed by atoms with Crippen LogP contribution in [0.25, 0.3) is 0 Å². The van der Waals surface area contributed by atoms with Gasteiger partial charge in [-0.25, -0.2) is 0 Å². The van der Waals surface area contributed by atoms with Gasteiger partial charge in [0.25, 0.3) is 5.91 Å². The third kappa shape index (κ3) is 4.57. The SMILES string of the molecule is CC1CN(C(=O)CNC(=O)c2ccc(C(C)(C)C)cc2)C(C)CO1. The van der Waals surface area contributed by atoms with Gasteiger partial charge in [0.15, 0.2) is 0 Å². The number of carbonyl (C=O) groups excluding carboxylic acids is 2. The zero-order chi connectivity index (χ0) is 17.9. The molecule has 1 aliphatic rings. The number of rotatable bonds is 3. The summed E-state index contributed by atoms with van der Waals surface area (Å²) in [5.41, 5.74) is 1.79. The van der Waals surface area contributed by atoms with Crippen LogP contribution in [0.3, 0.4) is 0 Å². The van der Waals surface area contributed by atoms with Crippen LogP contribution in [-0.4, -0.2) is 48.6 Å². The quantitative estimate of drug-likeness (QED) is 0.924. The Kier molecular flexibility index (Phi) is 5.65. The van der Waals surface area contributed by atoms with Gasteiger partial charge in [-0.3, -0.25) is 9.59 Å². The third-order valence-electron chi connectivity index (χ3n) is 4.34. The minimum absolute atomic E-state index is 0.0108. The lowest BCUT2D eigenvalue weighted by Gasteiger charge is -2.36. The number of nitrogens with one attached hydrogen (secondary N) is 1. The normalized spacial score (nSPS) is 21.5. The van der Waals surface area contributed by atoms with E-state index >= 15 is 0 Å². The summed E-state index contributed by atoms with van der Waals surface area (Å²) in [5.74, 6) is -0.296. The number of morpholine rings is 1. The maximum atomic E-state index is 12.3. The molecule has 2 unspecified atom stereocenters. The van der Waals surface area contributed by atoms with Crippen molar-refractivity contribution >= 4 is 11.8 Å². The van der Waals surface area contributed by atoms with Crippen LogP contribution in [-0.2, 0) is 14.9 Å². The fraction of sp³-hybridized carbons (Fsp3) is 0.579. The number of ether oxygens (including phenoxy) is 1. The van der Waals surface area contributed by atoms with Gasteiger partial charge in [0.1, 0.15) is 0 Å². The van der Waals surface area contributed by atoms with E-state index in [4.69, 9.17) is 4.74 Å². The molecule has 132 valence electrons. The molecule has 0 spiro atoms. The van der Waals surface area contributed by atoms with Crippen LogP contribution in [0.2, 0.25) is 0 Å². The van der Waals surface area contributed by atoms with Crippen molar-refractivity contribution in [2.24, 2.45) is 0 Å². The standard InChI is InChI=1S/C19H28N2O3/c1-13-12-24-14(2)11-21(13)17(22)10-20-18(23)15-6-8-16(9-7-15)19(3,4)5/h6-9,13-14H,10-12H2,1-5H3,(H,20,23). The highest BCUT2D eigenvalue weighted by atomic mass is 16.5. The first kappa shape index (κ1) is 18.5. The van der Waals surface area contributed by atoms with E-state index in [1.165, 1.54) is 5.56 Å². The van der Waals surface area contributed by atoms with Crippen molar-refractivity contribution in [1.29, 1.82) is 0 Å². The van der Waals surface area contributed by atoms with Crippen molar-refractivity contribution in [1.82, 2.24) is 10.2 Å². The first-order valence-electron chi connectivity index (χ1n) is 8.48. The van der Waals surface area contributed by atoms with E-state index in [9.17, 15) is 9.59 Å². The Bertz CT molecular complexity index is 590. The fourth-order valence-corrected chi connectivity index (χ4v) is 2.73. The maximum Gasteiger partial charge on any atom is 0.251 e. The molecule has 0 aliphatic carbocycles. The summed E-state index contributed by atoms with van der Waals surface area (Å²) in [6, 6.07) is 7.57. The highest BCUT2D eigenvalue weighted by molar-refractivity contribution is 5.96.